The Bertz CT molecular complexity index is 275. The van der Waals surface area contributed by atoms with Crippen molar-refractivity contribution in [2.45, 2.75) is 32.8 Å². The highest BCUT2D eigenvalue weighted by atomic mass is 16.7. The number of nitrogens with one attached hydrogen (secondary N) is 1. The van der Waals surface area contributed by atoms with Gasteiger partial charge in [-0.1, -0.05) is 0 Å². The summed E-state index contributed by atoms with van der Waals surface area (Å²) in [5, 5.41) is 0. The van der Waals surface area contributed by atoms with Gasteiger partial charge in [0.25, 0.3) is 0 Å². The lowest BCUT2D eigenvalue weighted by Crippen LogP contribution is -2.30. The molecule has 0 aliphatic heterocycles. The van der Waals surface area contributed by atoms with Crippen molar-refractivity contribution in [1.29, 1.82) is 0 Å². The summed E-state index contributed by atoms with van der Waals surface area (Å²) in [6, 6.07) is 0. The Morgan fingerprint density at radius 2 is 2.21 bits per heavy atom. The smallest absolute Gasteiger partial charge is 0.109 e. The molecule has 0 fully saturated rings. The molecule has 0 saturated heterocycles. The van der Waals surface area contributed by atoms with E-state index in [1.54, 1.807) is 6.20 Å². The van der Waals surface area contributed by atoms with E-state index in [2.05, 4.69) is 10.5 Å². The Morgan fingerprint density at radius 3 is 2.71 bits per heavy atom. The highest BCUT2D eigenvalue weighted by Crippen LogP contribution is 2.03. The van der Waals surface area contributed by atoms with E-state index in [9.17, 15) is 0 Å². The summed E-state index contributed by atoms with van der Waals surface area (Å²) < 4.78 is 2.01. The molecule has 0 unspecified atom stereocenters. The summed E-state index contributed by atoms with van der Waals surface area (Å²) in [6.45, 7) is 6.82. The largest absolute Gasteiger partial charge is 0.338 e. The molecule has 4 nitrogen and oxygen atoms in total. The van der Waals surface area contributed by atoms with Crippen LogP contribution in [-0.2, 0) is 18.3 Å². The highest BCUT2D eigenvalue weighted by molar-refractivity contribution is 4.91. The van der Waals surface area contributed by atoms with Crippen LogP contribution in [0.4, 0.5) is 0 Å². The van der Waals surface area contributed by atoms with Crippen LogP contribution in [-0.4, -0.2) is 21.7 Å². The zero-order valence-corrected chi connectivity index (χ0v) is 9.37. The van der Waals surface area contributed by atoms with Crippen molar-refractivity contribution in [3.63, 3.8) is 0 Å². The molecule has 0 radical (unpaired) electrons. The SMILES string of the molecule is Cn1ccnc1CCNOC(C)(C)C. The molecule has 14 heavy (non-hydrogen) atoms. The minimum absolute atomic E-state index is 0.137. The molecule has 1 heterocycles. The van der Waals surface area contributed by atoms with Crippen LogP contribution in [0, 0.1) is 0 Å². The summed E-state index contributed by atoms with van der Waals surface area (Å²) in [6.07, 6.45) is 4.62. The zero-order chi connectivity index (χ0) is 10.6. The van der Waals surface area contributed by atoms with Gasteiger partial charge >= 0.3 is 0 Å². The first-order valence-corrected chi connectivity index (χ1v) is 4.86. The van der Waals surface area contributed by atoms with Crippen LogP contribution in [0.1, 0.15) is 26.6 Å². The standard InChI is InChI=1S/C10H19N3O/c1-10(2,3)14-12-6-5-9-11-7-8-13(9)4/h7-8,12H,5-6H2,1-4H3. The first-order chi connectivity index (χ1) is 6.49. The van der Waals surface area contributed by atoms with Crippen LogP contribution in [0.3, 0.4) is 0 Å². The number of imidazole rings is 1. The summed E-state index contributed by atoms with van der Waals surface area (Å²) in [4.78, 5) is 9.60. The van der Waals surface area contributed by atoms with Gasteiger partial charge in [0.15, 0.2) is 0 Å². The topological polar surface area (TPSA) is 39.1 Å². The second kappa shape index (κ2) is 4.57. The van der Waals surface area contributed by atoms with Crippen molar-refractivity contribution in [3.05, 3.63) is 18.2 Å². The van der Waals surface area contributed by atoms with Gasteiger partial charge in [-0.25, -0.2) is 10.5 Å². The van der Waals surface area contributed by atoms with Gasteiger partial charge in [0, 0.05) is 32.4 Å². The van der Waals surface area contributed by atoms with Crippen molar-refractivity contribution in [1.82, 2.24) is 15.0 Å². The first-order valence-electron chi connectivity index (χ1n) is 4.86. The predicted molar refractivity (Wildman–Crippen MR) is 55.8 cm³/mol. The molecule has 0 saturated carbocycles. The molecule has 0 amide bonds. The third-order valence-corrected chi connectivity index (χ3v) is 1.75. The Kier molecular flexibility index (Phi) is 3.66. The Morgan fingerprint density at radius 1 is 1.50 bits per heavy atom. The van der Waals surface area contributed by atoms with Crippen LogP contribution in [0.5, 0.6) is 0 Å². The van der Waals surface area contributed by atoms with Gasteiger partial charge < -0.3 is 4.57 Å². The first kappa shape index (κ1) is 11.2. The van der Waals surface area contributed by atoms with Gasteiger partial charge in [-0.15, -0.1) is 0 Å². The highest BCUT2D eigenvalue weighted by Gasteiger charge is 2.09. The number of nitrogens with zero attached hydrogens (tertiary/aromatic N) is 2. The minimum atomic E-state index is -0.137. The van der Waals surface area contributed by atoms with E-state index < -0.39 is 0 Å². The van der Waals surface area contributed by atoms with Crippen molar-refractivity contribution < 1.29 is 4.84 Å². The van der Waals surface area contributed by atoms with Crippen molar-refractivity contribution >= 4 is 0 Å². The van der Waals surface area contributed by atoms with Crippen LogP contribution in [0.2, 0.25) is 0 Å². The molecule has 1 aromatic heterocycles. The van der Waals surface area contributed by atoms with Gasteiger partial charge in [0.1, 0.15) is 5.82 Å². The molecular formula is C10H19N3O. The van der Waals surface area contributed by atoms with Crippen LogP contribution in [0.15, 0.2) is 12.4 Å². The normalized spacial score (nSPS) is 12.0. The summed E-state index contributed by atoms with van der Waals surface area (Å²) in [5.74, 6) is 1.06. The molecule has 0 atom stereocenters. The maximum Gasteiger partial charge on any atom is 0.109 e. The molecule has 80 valence electrons. The maximum atomic E-state index is 5.38. The number of aromatic nitrogens is 2. The number of rotatable bonds is 4. The molecule has 0 bridgehead atoms. The van der Waals surface area contributed by atoms with Crippen LogP contribution in [0.25, 0.3) is 0 Å². The summed E-state index contributed by atoms with van der Waals surface area (Å²) >= 11 is 0. The average Bonchev–Trinajstić information content (AvgIpc) is 2.44. The Hall–Kier alpha value is -0.870. The zero-order valence-electron chi connectivity index (χ0n) is 9.37. The van der Waals surface area contributed by atoms with E-state index in [0.29, 0.717) is 0 Å². The van der Waals surface area contributed by atoms with Crippen LogP contribution >= 0.6 is 0 Å². The average molecular weight is 197 g/mol. The van der Waals surface area contributed by atoms with E-state index in [1.807, 2.05) is 38.6 Å². The quantitative estimate of drug-likeness (QED) is 0.584. The lowest BCUT2D eigenvalue weighted by molar-refractivity contribution is -0.0719. The predicted octanol–water partition coefficient (Wildman–Crippen LogP) is 1.28. The molecule has 1 N–H and O–H groups in total. The fourth-order valence-corrected chi connectivity index (χ4v) is 1.07. The molecule has 1 aromatic rings. The fourth-order valence-electron chi connectivity index (χ4n) is 1.07. The minimum Gasteiger partial charge on any atom is -0.338 e. The lowest BCUT2D eigenvalue weighted by atomic mass is 10.2. The van der Waals surface area contributed by atoms with Gasteiger partial charge in [0.05, 0.1) is 5.60 Å². The van der Waals surface area contributed by atoms with E-state index >= 15 is 0 Å². The third kappa shape index (κ3) is 3.89. The van der Waals surface area contributed by atoms with Crippen molar-refractivity contribution in [3.8, 4) is 0 Å². The van der Waals surface area contributed by atoms with Gasteiger partial charge in [0.2, 0.25) is 0 Å². The number of aryl methyl sites for hydroxylation is 1. The summed E-state index contributed by atoms with van der Waals surface area (Å²) in [7, 11) is 1.99. The number of hydrogen-bond donors (Lipinski definition) is 1. The molecule has 4 heteroatoms. The van der Waals surface area contributed by atoms with E-state index in [-0.39, 0.29) is 5.60 Å². The monoisotopic (exact) mass is 197 g/mol. The van der Waals surface area contributed by atoms with Gasteiger partial charge in [-0.2, -0.15) is 0 Å². The molecule has 0 spiro atoms. The molecular weight excluding hydrogens is 178 g/mol. The van der Waals surface area contributed by atoms with E-state index in [0.717, 1.165) is 18.8 Å². The van der Waals surface area contributed by atoms with Crippen LogP contribution < -0.4 is 5.48 Å². The van der Waals surface area contributed by atoms with Crippen molar-refractivity contribution in [2.75, 3.05) is 6.54 Å². The third-order valence-electron chi connectivity index (χ3n) is 1.75. The Balaban J connectivity index is 2.20. The molecule has 1 rings (SSSR count). The molecule has 0 aliphatic carbocycles. The molecule has 0 aromatic carbocycles. The Labute approximate surface area is 85.2 Å². The fraction of sp³-hybridized carbons (Fsp3) is 0.700. The summed E-state index contributed by atoms with van der Waals surface area (Å²) in [5.41, 5.74) is 2.80. The second-order valence-electron chi connectivity index (χ2n) is 4.31. The number of hydrogen-bond acceptors (Lipinski definition) is 3. The number of hydroxylamine groups is 1. The van der Waals surface area contributed by atoms with E-state index in [4.69, 9.17) is 4.84 Å². The van der Waals surface area contributed by atoms with Gasteiger partial charge in [-0.3, -0.25) is 4.84 Å². The van der Waals surface area contributed by atoms with Crippen molar-refractivity contribution in [2.24, 2.45) is 7.05 Å². The van der Waals surface area contributed by atoms with E-state index in [1.165, 1.54) is 0 Å². The second-order valence-corrected chi connectivity index (χ2v) is 4.31. The lowest BCUT2D eigenvalue weighted by Gasteiger charge is -2.19. The van der Waals surface area contributed by atoms with Gasteiger partial charge in [-0.05, 0) is 20.8 Å². The maximum absolute atomic E-state index is 5.38. The molecule has 0 aliphatic rings.